The van der Waals surface area contributed by atoms with E-state index in [1.165, 1.54) is 0 Å². The summed E-state index contributed by atoms with van der Waals surface area (Å²) in [4.78, 5) is 11.4. The van der Waals surface area contributed by atoms with Crippen molar-refractivity contribution >= 4 is 5.97 Å². The molecule has 0 unspecified atom stereocenters. The van der Waals surface area contributed by atoms with Crippen molar-refractivity contribution in [2.75, 3.05) is 20.6 Å². The first-order chi connectivity index (χ1) is 3.13. The fourth-order valence-corrected chi connectivity index (χ4v) is 0.271. The van der Waals surface area contributed by atoms with Crippen LogP contribution >= 0.6 is 0 Å². The smallest absolute Gasteiger partial charge is 0.317 e. The summed E-state index contributed by atoms with van der Waals surface area (Å²) in [5, 5.41) is 8.04. The van der Waals surface area contributed by atoms with Crippen LogP contribution in [0.2, 0.25) is 0 Å². The maximum Gasteiger partial charge on any atom is 0.317 e. The second-order valence-electron chi connectivity index (χ2n) is 1.63. The molecule has 0 aliphatic carbocycles. The molecule has 1 N–H and O–H groups in total. The van der Waals surface area contributed by atoms with E-state index < -0.39 is 5.97 Å². The van der Waals surface area contributed by atoms with Crippen molar-refractivity contribution in [2.24, 2.45) is 0 Å². The van der Waals surface area contributed by atoms with E-state index in [4.69, 9.17) is 5.11 Å². The zero-order chi connectivity index (χ0) is 5.86. The quantitative estimate of drug-likeness (QED) is 0.572. The van der Waals surface area contributed by atoms with Gasteiger partial charge in [-0.05, 0) is 14.1 Å². The van der Waals surface area contributed by atoms with E-state index in [1.54, 1.807) is 19.0 Å². The van der Waals surface area contributed by atoms with Crippen LogP contribution in [0.25, 0.3) is 0 Å². The molecule has 0 saturated heterocycles. The van der Waals surface area contributed by atoms with Crippen molar-refractivity contribution in [3.63, 3.8) is 0 Å². The predicted molar refractivity (Wildman–Crippen MR) is 26.2 cm³/mol. The van der Waals surface area contributed by atoms with E-state index in [1.807, 2.05) is 0 Å². The van der Waals surface area contributed by atoms with Gasteiger partial charge in [0.25, 0.3) is 0 Å². The van der Waals surface area contributed by atoms with Gasteiger partial charge in [-0.3, -0.25) is 9.69 Å². The maximum absolute atomic E-state index is 9.77. The number of likely N-dealkylation sites (N-methyl/N-ethyl adjacent to an activating group) is 1. The van der Waals surface area contributed by atoms with Crippen LogP contribution in [0.3, 0.4) is 0 Å². The summed E-state index contributed by atoms with van der Waals surface area (Å²) in [6, 6.07) is 0. The zero-order valence-electron chi connectivity index (χ0n) is 5.22. The van der Waals surface area contributed by atoms with E-state index in [0.717, 1.165) is 0 Å². The molecule has 0 amide bonds. The Hall–Kier alpha value is 0.0534. The van der Waals surface area contributed by atoms with Crippen molar-refractivity contribution in [2.45, 2.75) is 0 Å². The van der Waals surface area contributed by atoms with Crippen molar-refractivity contribution < 1.29 is 29.4 Å². The summed E-state index contributed by atoms with van der Waals surface area (Å²) in [5.41, 5.74) is 0. The van der Waals surface area contributed by atoms with Crippen LogP contribution < -0.4 is 0 Å². The number of carboxylic acid groups (broad SMARTS) is 1. The predicted octanol–water partition coefficient (Wildman–Crippen LogP) is -0.370. The van der Waals surface area contributed by atoms with Gasteiger partial charge >= 0.3 is 5.97 Å². The van der Waals surface area contributed by atoms with Gasteiger partial charge in [0.15, 0.2) is 0 Å². The second kappa shape index (κ2) is 5.20. The van der Waals surface area contributed by atoms with Gasteiger partial charge in [0.1, 0.15) is 0 Å². The Morgan fingerprint density at radius 2 is 2.00 bits per heavy atom. The molecule has 0 aromatic heterocycles. The molecule has 4 heteroatoms. The van der Waals surface area contributed by atoms with E-state index in [-0.39, 0.29) is 26.0 Å². The topological polar surface area (TPSA) is 40.5 Å². The van der Waals surface area contributed by atoms with E-state index >= 15 is 0 Å². The Kier molecular flexibility index (Phi) is 7.10. The number of hydrogen-bond donors (Lipinski definition) is 1. The number of aliphatic carboxylic acids is 1. The molecule has 44 valence electrons. The summed E-state index contributed by atoms with van der Waals surface area (Å²) < 4.78 is 0. The molecule has 0 fully saturated rings. The fourth-order valence-electron chi connectivity index (χ4n) is 0.271. The molecule has 0 rings (SSSR count). The standard InChI is InChI=1S/C4H9NO2.Zn/c1-5(2)3-4(6)7;/h3H2,1-2H3,(H,6,7);. The Morgan fingerprint density at radius 1 is 1.62 bits per heavy atom. The molecule has 0 atom stereocenters. The van der Waals surface area contributed by atoms with Crippen LogP contribution in [0.5, 0.6) is 0 Å². The van der Waals surface area contributed by atoms with Gasteiger partial charge in [-0.1, -0.05) is 0 Å². The minimum absolute atomic E-state index is 0. The van der Waals surface area contributed by atoms with E-state index in [2.05, 4.69) is 0 Å². The third-order valence-electron chi connectivity index (χ3n) is 0.451. The van der Waals surface area contributed by atoms with Gasteiger partial charge in [0.05, 0.1) is 6.54 Å². The SMILES string of the molecule is CN(C)CC(=O)O.[Zn]. The van der Waals surface area contributed by atoms with Gasteiger partial charge in [0.2, 0.25) is 0 Å². The van der Waals surface area contributed by atoms with Crippen molar-refractivity contribution in [1.82, 2.24) is 4.90 Å². The monoisotopic (exact) mass is 167 g/mol. The molecule has 0 saturated carbocycles. The third-order valence-corrected chi connectivity index (χ3v) is 0.451. The van der Waals surface area contributed by atoms with E-state index in [0.29, 0.717) is 0 Å². The number of rotatable bonds is 2. The number of nitrogens with zero attached hydrogens (tertiary/aromatic N) is 1. The average molecular weight is 169 g/mol. The van der Waals surface area contributed by atoms with Crippen molar-refractivity contribution in [1.29, 1.82) is 0 Å². The first-order valence-corrected chi connectivity index (χ1v) is 1.99. The Labute approximate surface area is 61.4 Å². The van der Waals surface area contributed by atoms with Crippen molar-refractivity contribution in [3.8, 4) is 0 Å². The van der Waals surface area contributed by atoms with Crippen LogP contribution in [0.1, 0.15) is 0 Å². The largest absolute Gasteiger partial charge is 0.480 e. The molecule has 0 bridgehead atoms. The summed E-state index contributed by atoms with van der Waals surface area (Å²) in [7, 11) is 3.43. The Morgan fingerprint density at radius 3 is 2.00 bits per heavy atom. The maximum atomic E-state index is 9.77. The van der Waals surface area contributed by atoms with Gasteiger partial charge < -0.3 is 5.11 Å². The molecule has 0 aromatic rings. The molecule has 3 nitrogen and oxygen atoms in total. The minimum atomic E-state index is -0.787. The van der Waals surface area contributed by atoms with Gasteiger partial charge in [-0.2, -0.15) is 0 Å². The number of carbonyl (C=O) groups is 1. The molecular formula is C4H9NO2Zn. The summed E-state index contributed by atoms with van der Waals surface area (Å²) in [5.74, 6) is -0.787. The van der Waals surface area contributed by atoms with Gasteiger partial charge in [-0.15, -0.1) is 0 Å². The molecule has 0 aromatic carbocycles. The fraction of sp³-hybridized carbons (Fsp3) is 0.750. The van der Waals surface area contributed by atoms with Crippen LogP contribution in [0.15, 0.2) is 0 Å². The molecule has 0 heterocycles. The summed E-state index contributed by atoms with van der Waals surface area (Å²) >= 11 is 0. The Balaban J connectivity index is 0. The first-order valence-electron chi connectivity index (χ1n) is 1.99. The molecule has 8 heavy (non-hydrogen) atoms. The summed E-state index contributed by atoms with van der Waals surface area (Å²) in [6.45, 7) is 0.111. The Bertz CT molecular complexity index is 74.4. The zero-order valence-corrected chi connectivity index (χ0v) is 8.18. The first kappa shape index (κ1) is 10.9. The van der Waals surface area contributed by atoms with Crippen LogP contribution in [-0.2, 0) is 24.3 Å². The third kappa shape index (κ3) is 9.41. The van der Waals surface area contributed by atoms with Gasteiger partial charge in [0, 0.05) is 19.5 Å². The molecular weight excluding hydrogens is 159 g/mol. The number of hydrogen-bond acceptors (Lipinski definition) is 2. The van der Waals surface area contributed by atoms with E-state index in [9.17, 15) is 4.79 Å². The molecule has 0 spiro atoms. The second-order valence-corrected chi connectivity index (χ2v) is 1.63. The normalized spacial score (nSPS) is 8.38. The molecule has 0 aliphatic heterocycles. The van der Waals surface area contributed by atoms with Crippen LogP contribution in [-0.4, -0.2) is 36.6 Å². The number of carboxylic acids is 1. The summed E-state index contributed by atoms with van der Waals surface area (Å²) in [6.07, 6.45) is 0. The molecule has 0 aliphatic rings. The van der Waals surface area contributed by atoms with Gasteiger partial charge in [-0.25, -0.2) is 0 Å². The minimum Gasteiger partial charge on any atom is -0.480 e. The van der Waals surface area contributed by atoms with Crippen molar-refractivity contribution in [3.05, 3.63) is 0 Å². The average Bonchev–Trinajstić information content (AvgIpc) is 1.27. The van der Waals surface area contributed by atoms with Crippen LogP contribution in [0, 0.1) is 0 Å². The molecule has 0 radical (unpaired) electrons. The van der Waals surface area contributed by atoms with Crippen LogP contribution in [0.4, 0.5) is 0 Å².